The van der Waals surface area contributed by atoms with Gasteiger partial charge in [-0.15, -0.1) is 11.6 Å². The van der Waals surface area contributed by atoms with Gasteiger partial charge in [0.1, 0.15) is 5.75 Å². The maximum absolute atomic E-state index is 10.5. The van der Waals surface area contributed by atoms with Gasteiger partial charge in [0.05, 0.1) is 18.8 Å². The molecule has 0 bridgehead atoms. The summed E-state index contributed by atoms with van der Waals surface area (Å²) >= 11 is 6.43. The summed E-state index contributed by atoms with van der Waals surface area (Å²) in [7, 11) is 0. The molecular formula is C21H29ClO5. The first kappa shape index (κ1) is 21.7. The van der Waals surface area contributed by atoms with E-state index >= 15 is 0 Å². The standard InChI is InChI=1S/C21H29ClO5/c1-14(23)15-8-10-16(11-9-15)27-13-18-17(19(22)12-20(18)24)6-4-2-3-5-7-21(25)26/h2,4,8-11,14,17-20,23-24H,3,5-7,12-13H2,1H3,(H,25,26)/b4-2-/t14?,17-,18-,19+,20-/m1/s1. The predicted molar refractivity (Wildman–Crippen MR) is 105 cm³/mol. The van der Waals surface area contributed by atoms with E-state index in [0.29, 0.717) is 25.2 Å². The number of carboxylic acid groups (broad SMARTS) is 1. The lowest BCUT2D eigenvalue weighted by Crippen LogP contribution is -2.27. The van der Waals surface area contributed by atoms with Crippen LogP contribution in [0.3, 0.4) is 0 Å². The van der Waals surface area contributed by atoms with E-state index in [1.807, 2.05) is 36.4 Å². The first-order valence-electron chi connectivity index (χ1n) is 9.48. The summed E-state index contributed by atoms with van der Waals surface area (Å²) in [6.07, 6.45) is 5.84. The summed E-state index contributed by atoms with van der Waals surface area (Å²) < 4.78 is 5.86. The number of carboxylic acids is 1. The minimum atomic E-state index is -0.776. The lowest BCUT2D eigenvalue weighted by Gasteiger charge is -2.22. The predicted octanol–water partition coefficient (Wildman–Crippen LogP) is 3.92. The second-order valence-corrected chi connectivity index (χ2v) is 7.76. The van der Waals surface area contributed by atoms with E-state index in [1.165, 1.54) is 0 Å². The summed E-state index contributed by atoms with van der Waals surface area (Å²) in [5.41, 5.74) is 0.829. The van der Waals surface area contributed by atoms with Crippen LogP contribution in [0.5, 0.6) is 5.75 Å². The molecule has 1 aromatic carbocycles. The number of benzene rings is 1. The van der Waals surface area contributed by atoms with Gasteiger partial charge >= 0.3 is 5.97 Å². The second kappa shape index (κ2) is 10.7. The number of ether oxygens (including phenoxy) is 1. The summed E-state index contributed by atoms with van der Waals surface area (Å²) in [4.78, 5) is 10.5. The third-order valence-electron chi connectivity index (χ3n) is 5.12. The zero-order chi connectivity index (χ0) is 19.8. The molecule has 0 amide bonds. The molecule has 1 aliphatic rings. The van der Waals surface area contributed by atoms with E-state index in [9.17, 15) is 15.0 Å². The van der Waals surface area contributed by atoms with Crippen molar-refractivity contribution in [3.05, 3.63) is 42.0 Å². The highest BCUT2D eigenvalue weighted by molar-refractivity contribution is 6.21. The maximum Gasteiger partial charge on any atom is 0.303 e. The number of alkyl halides is 1. The fourth-order valence-electron chi connectivity index (χ4n) is 3.47. The van der Waals surface area contributed by atoms with Gasteiger partial charge in [-0.2, -0.15) is 0 Å². The Morgan fingerprint density at radius 3 is 2.63 bits per heavy atom. The zero-order valence-electron chi connectivity index (χ0n) is 15.6. The number of hydrogen-bond donors (Lipinski definition) is 3. The molecule has 6 heteroatoms. The summed E-state index contributed by atoms with van der Waals surface area (Å²) in [6.45, 7) is 2.10. The molecule has 5 nitrogen and oxygen atoms in total. The molecule has 2 rings (SSSR count). The molecule has 5 atom stereocenters. The number of allylic oxidation sites excluding steroid dienone is 2. The van der Waals surface area contributed by atoms with Crippen LogP contribution in [-0.2, 0) is 4.79 Å². The Balaban J connectivity index is 1.85. The van der Waals surface area contributed by atoms with Crippen molar-refractivity contribution in [1.82, 2.24) is 0 Å². The van der Waals surface area contributed by atoms with Gasteiger partial charge in [-0.25, -0.2) is 0 Å². The van der Waals surface area contributed by atoms with E-state index < -0.39 is 18.2 Å². The molecule has 27 heavy (non-hydrogen) atoms. The Hall–Kier alpha value is -1.56. The van der Waals surface area contributed by atoms with Gasteiger partial charge < -0.3 is 20.1 Å². The van der Waals surface area contributed by atoms with Crippen LogP contribution in [0.1, 0.15) is 50.7 Å². The van der Waals surface area contributed by atoms with Gasteiger partial charge in [0, 0.05) is 17.7 Å². The van der Waals surface area contributed by atoms with E-state index in [2.05, 4.69) is 0 Å². The van der Waals surface area contributed by atoms with Crippen LogP contribution in [0.4, 0.5) is 0 Å². The van der Waals surface area contributed by atoms with E-state index in [0.717, 1.165) is 18.4 Å². The van der Waals surface area contributed by atoms with Crippen molar-refractivity contribution in [2.45, 2.75) is 56.6 Å². The van der Waals surface area contributed by atoms with Gasteiger partial charge in [-0.05, 0) is 56.2 Å². The average Bonchev–Trinajstić information content (AvgIpc) is 2.89. The van der Waals surface area contributed by atoms with Crippen molar-refractivity contribution in [3.8, 4) is 5.75 Å². The van der Waals surface area contributed by atoms with Gasteiger partial charge in [0.25, 0.3) is 0 Å². The Bertz CT molecular complexity index is 614. The molecule has 1 aromatic rings. The van der Waals surface area contributed by atoms with Crippen molar-refractivity contribution >= 4 is 17.6 Å². The minimum absolute atomic E-state index is 0.0485. The van der Waals surface area contributed by atoms with Gasteiger partial charge in [-0.1, -0.05) is 24.3 Å². The van der Waals surface area contributed by atoms with Crippen LogP contribution in [0, 0.1) is 11.8 Å². The number of aliphatic hydroxyl groups excluding tert-OH is 2. The van der Waals surface area contributed by atoms with Crippen molar-refractivity contribution in [1.29, 1.82) is 0 Å². The highest BCUT2D eigenvalue weighted by Gasteiger charge is 2.41. The number of carbonyl (C=O) groups is 1. The number of unbranched alkanes of at least 4 members (excludes halogenated alkanes) is 1. The molecule has 0 saturated heterocycles. The van der Waals surface area contributed by atoms with E-state index in [-0.39, 0.29) is 23.6 Å². The molecule has 3 N–H and O–H groups in total. The number of hydrogen-bond acceptors (Lipinski definition) is 4. The Kier molecular flexibility index (Phi) is 8.61. The highest BCUT2D eigenvalue weighted by atomic mass is 35.5. The summed E-state index contributed by atoms with van der Waals surface area (Å²) in [5, 5.41) is 28.4. The zero-order valence-corrected chi connectivity index (χ0v) is 16.4. The maximum atomic E-state index is 10.5. The smallest absolute Gasteiger partial charge is 0.303 e. The monoisotopic (exact) mass is 396 g/mol. The number of aliphatic hydroxyl groups is 2. The Labute approximate surface area is 165 Å². The van der Waals surface area contributed by atoms with E-state index in [1.54, 1.807) is 6.92 Å². The topological polar surface area (TPSA) is 87.0 Å². The van der Waals surface area contributed by atoms with Crippen molar-refractivity contribution < 1.29 is 24.9 Å². The number of rotatable bonds is 10. The van der Waals surface area contributed by atoms with Gasteiger partial charge in [0.2, 0.25) is 0 Å². The quantitative estimate of drug-likeness (QED) is 0.317. The van der Waals surface area contributed by atoms with Gasteiger partial charge in [-0.3, -0.25) is 4.79 Å². The van der Waals surface area contributed by atoms with Crippen LogP contribution >= 0.6 is 11.6 Å². The largest absolute Gasteiger partial charge is 0.493 e. The number of aliphatic carboxylic acids is 1. The molecule has 0 radical (unpaired) electrons. The molecule has 0 aromatic heterocycles. The molecule has 1 unspecified atom stereocenters. The van der Waals surface area contributed by atoms with Crippen LogP contribution in [0.2, 0.25) is 0 Å². The van der Waals surface area contributed by atoms with Crippen molar-refractivity contribution in [2.24, 2.45) is 11.8 Å². The summed E-state index contributed by atoms with van der Waals surface area (Å²) in [5.74, 6) is -0.00356. The lowest BCUT2D eigenvalue weighted by molar-refractivity contribution is -0.137. The molecular weight excluding hydrogens is 368 g/mol. The fraction of sp³-hybridized carbons (Fsp3) is 0.571. The third kappa shape index (κ3) is 6.83. The summed E-state index contributed by atoms with van der Waals surface area (Å²) in [6, 6.07) is 7.29. The van der Waals surface area contributed by atoms with Gasteiger partial charge in [0.15, 0.2) is 0 Å². The van der Waals surface area contributed by atoms with Crippen molar-refractivity contribution in [3.63, 3.8) is 0 Å². The van der Waals surface area contributed by atoms with Crippen LogP contribution in [0.25, 0.3) is 0 Å². The van der Waals surface area contributed by atoms with Crippen LogP contribution in [-0.4, -0.2) is 39.4 Å². The first-order chi connectivity index (χ1) is 12.9. The normalized spacial score (nSPS) is 26.4. The fourth-order valence-corrected chi connectivity index (χ4v) is 3.94. The molecule has 1 saturated carbocycles. The van der Waals surface area contributed by atoms with Crippen LogP contribution < -0.4 is 4.74 Å². The second-order valence-electron chi connectivity index (χ2n) is 7.20. The minimum Gasteiger partial charge on any atom is -0.493 e. The first-order valence-corrected chi connectivity index (χ1v) is 9.92. The Morgan fingerprint density at radius 1 is 1.30 bits per heavy atom. The van der Waals surface area contributed by atoms with Crippen LogP contribution in [0.15, 0.2) is 36.4 Å². The number of halogens is 1. The SMILES string of the molecule is CC(O)c1ccc(OC[C@@H]2[C@@H](C/C=C\CCCC(=O)O)[C@@H](Cl)C[C@H]2O)cc1. The van der Waals surface area contributed by atoms with E-state index in [4.69, 9.17) is 21.4 Å². The van der Waals surface area contributed by atoms with Crippen molar-refractivity contribution in [2.75, 3.05) is 6.61 Å². The lowest BCUT2D eigenvalue weighted by atomic mass is 9.92. The molecule has 1 fully saturated rings. The average molecular weight is 397 g/mol. The molecule has 150 valence electrons. The molecule has 0 heterocycles. The highest BCUT2D eigenvalue weighted by Crippen LogP contribution is 2.39. The Morgan fingerprint density at radius 2 is 2.00 bits per heavy atom. The molecule has 1 aliphatic carbocycles. The third-order valence-corrected chi connectivity index (χ3v) is 5.62. The molecule has 0 spiro atoms. The molecule has 0 aliphatic heterocycles.